The summed E-state index contributed by atoms with van der Waals surface area (Å²) in [4.78, 5) is 13.0. The van der Waals surface area contributed by atoms with Crippen LogP contribution in [0.1, 0.15) is 37.5 Å². The highest BCUT2D eigenvalue weighted by Gasteiger charge is 2.44. The summed E-state index contributed by atoms with van der Waals surface area (Å²) in [5.74, 6) is 0. The molecule has 0 aromatic heterocycles. The fraction of sp³-hybridized carbons (Fsp3) is 0.409. The van der Waals surface area contributed by atoms with Crippen molar-refractivity contribution in [3.8, 4) is 0 Å². The van der Waals surface area contributed by atoms with Crippen LogP contribution in [0.15, 0.2) is 53.4 Å². The molecule has 30 heavy (non-hydrogen) atoms. The predicted octanol–water partition coefficient (Wildman–Crippen LogP) is 4.34. The summed E-state index contributed by atoms with van der Waals surface area (Å²) in [6, 6.07) is 13.6. The van der Waals surface area contributed by atoms with Crippen LogP contribution in [0, 0.1) is 6.92 Å². The first-order valence-electron chi connectivity index (χ1n) is 9.53. The Morgan fingerprint density at radius 2 is 1.63 bits per heavy atom. The number of carbonyl (C=O) groups is 1. The molecule has 0 heterocycles. The number of carbonyl (C=O) groups excluding carboxylic acids is 1. The second-order valence-corrected chi connectivity index (χ2v) is 9.86. The third-order valence-corrected chi connectivity index (χ3v) is 5.51. The fourth-order valence-electron chi connectivity index (χ4n) is 2.78. The number of nitrogens with zero attached hydrogens (tertiary/aromatic N) is 1. The molecule has 0 aliphatic carbocycles. The Balaban J connectivity index is 2.41. The predicted molar refractivity (Wildman–Crippen MR) is 113 cm³/mol. The van der Waals surface area contributed by atoms with Crippen LogP contribution in [0.3, 0.4) is 0 Å². The number of aryl methyl sites for hydroxylation is 1. The maximum Gasteiger partial charge on any atom is 0.551 e. The number of benzene rings is 2. The summed E-state index contributed by atoms with van der Waals surface area (Å²) in [6.45, 7) is 7.34. The van der Waals surface area contributed by atoms with Gasteiger partial charge in [0.05, 0.1) is 11.5 Å². The standard InChI is InChI=1S/C22H30NO6S/c1-17-10-12-20(13-11-17)30(25,26)29-23(5,21(24)28-22(2,3)4)15-18-8-7-9-19(14-18)16-27-6/h7-14H,15-16H2,1-6H3/q+1. The molecule has 0 radical (unpaired) electrons. The van der Waals surface area contributed by atoms with Gasteiger partial charge in [0.2, 0.25) is 0 Å². The molecule has 8 heteroatoms. The molecule has 0 saturated carbocycles. The molecule has 0 bridgehead atoms. The number of rotatable bonds is 7. The second-order valence-electron chi connectivity index (χ2n) is 8.33. The minimum absolute atomic E-state index is 0.0332. The second kappa shape index (κ2) is 9.26. The van der Waals surface area contributed by atoms with Gasteiger partial charge in [-0.2, -0.15) is 13.2 Å². The third kappa shape index (κ3) is 6.63. The van der Waals surface area contributed by atoms with Crippen molar-refractivity contribution >= 4 is 16.2 Å². The molecule has 2 aromatic carbocycles. The lowest BCUT2D eigenvalue weighted by Gasteiger charge is -2.29. The van der Waals surface area contributed by atoms with Gasteiger partial charge in [-0.3, -0.25) is 0 Å². The molecule has 0 spiro atoms. The quantitative estimate of drug-likeness (QED) is 0.474. The summed E-state index contributed by atoms with van der Waals surface area (Å²) >= 11 is 0. The van der Waals surface area contributed by atoms with E-state index in [1.54, 1.807) is 46.1 Å². The smallest absolute Gasteiger partial charge is 0.412 e. The number of hydrogen-bond donors (Lipinski definition) is 0. The highest BCUT2D eigenvalue weighted by molar-refractivity contribution is 7.86. The molecular weight excluding hydrogens is 406 g/mol. The van der Waals surface area contributed by atoms with Gasteiger partial charge < -0.3 is 9.47 Å². The van der Waals surface area contributed by atoms with E-state index in [-0.39, 0.29) is 11.4 Å². The molecule has 1 unspecified atom stereocenters. The maximum atomic E-state index is 13.0. The highest BCUT2D eigenvalue weighted by atomic mass is 32.2. The van der Waals surface area contributed by atoms with Crippen molar-refractivity contribution in [1.82, 2.24) is 0 Å². The lowest BCUT2D eigenvalue weighted by Crippen LogP contribution is -2.52. The number of amides is 1. The van der Waals surface area contributed by atoms with E-state index in [0.717, 1.165) is 11.1 Å². The molecule has 1 amide bonds. The molecular formula is C22H30NO6S+. The van der Waals surface area contributed by atoms with Crippen molar-refractivity contribution in [1.29, 1.82) is 0 Å². The van der Waals surface area contributed by atoms with Crippen molar-refractivity contribution in [3.63, 3.8) is 0 Å². The van der Waals surface area contributed by atoms with Gasteiger partial charge >= 0.3 is 16.2 Å². The minimum Gasteiger partial charge on any atom is -0.412 e. The zero-order chi connectivity index (χ0) is 22.6. The summed E-state index contributed by atoms with van der Waals surface area (Å²) in [6.07, 6.45) is -0.810. The van der Waals surface area contributed by atoms with Crippen molar-refractivity contribution in [2.45, 2.75) is 51.3 Å². The van der Waals surface area contributed by atoms with Crippen LogP contribution >= 0.6 is 0 Å². The SMILES string of the molecule is COCc1cccc(C[N+](C)(OS(=O)(=O)c2ccc(C)cc2)C(=O)OC(C)(C)C)c1. The van der Waals surface area contributed by atoms with Gasteiger partial charge in [0, 0.05) is 12.7 Å². The van der Waals surface area contributed by atoms with Gasteiger partial charge in [-0.25, -0.2) is 0 Å². The van der Waals surface area contributed by atoms with Gasteiger partial charge in [0.1, 0.15) is 19.2 Å². The Labute approximate surface area is 178 Å². The summed E-state index contributed by atoms with van der Waals surface area (Å²) in [7, 11) is -1.26. The van der Waals surface area contributed by atoms with Gasteiger partial charge in [0.15, 0.2) is 0 Å². The van der Waals surface area contributed by atoms with E-state index in [1.165, 1.54) is 19.2 Å². The molecule has 0 fully saturated rings. The summed E-state index contributed by atoms with van der Waals surface area (Å²) < 4.78 is 41.0. The minimum atomic E-state index is -4.23. The lowest BCUT2D eigenvalue weighted by molar-refractivity contribution is -1.01. The van der Waals surface area contributed by atoms with E-state index in [2.05, 4.69) is 0 Å². The molecule has 7 nitrogen and oxygen atoms in total. The van der Waals surface area contributed by atoms with Crippen molar-refractivity contribution in [2.24, 2.45) is 0 Å². The van der Waals surface area contributed by atoms with E-state index in [4.69, 9.17) is 13.8 Å². The summed E-state index contributed by atoms with van der Waals surface area (Å²) in [5, 5.41) is 0. The Morgan fingerprint density at radius 1 is 1.03 bits per heavy atom. The van der Waals surface area contributed by atoms with Crippen molar-refractivity contribution in [2.75, 3.05) is 14.2 Å². The maximum absolute atomic E-state index is 13.0. The number of hydroxylamine groups is 3. The monoisotopic (exact) mass is 436 g/mol. The van der Waals surface area contributed by atoms with Gasteiger partial charge in [-0.05, 0) is 51.5 Å². The normalized spacial score (nSPS) is 14.2. The van der Waals surface area contributed by atoms with Gasteiger partial charge in [-0.1, -0.05) is 44.8 Å². The average Bonchev–Trinajstić information content (AvgIpc) is 2.60. The zero-order valence-corrected chi connectivity index (χ0v) is 19.2. The topological polar surface area (TPSA) is 78.9 Å². The fourth-order valence-corrected chi connectivity index (χ4v) is 3.88. The van der Waals surface area contributed by atoms with E-state index < -0.39 is 26.5 Å². The largest absolute Gasteiger partial charge is 0.551 e. The van der Waals surface area contributed by atoms with Crippen LogP contribution in [0.5, 0.6) is 0 Å². The van der Waals surface area contributed by atoms with E-state index >= 15 is 0 Å². The number of hydrogen-bond acceptors (Lipinski definition) is 6. The van der Waals surface area contributed by atoms with Crippen LogP contribution in [-0.4, -0.2) is 38.9 Å². The van der Waals surface area contributed by atoms with Crippen molar-refractivity contribution < 1.29 is 31.6 Å². The van der Waals surface area contributed by atoms with E-state index in [9.17, 15) is 13.2 Å². The van der Waals surface area contributed by atoms with Crippen LogP contribution in [-0.2, 0) is 37.0 Å². The molecule has 164 valence electrons. The molecule has 2 rings (SSSR count). The lowest BCUT2D eigenvalue weighted by atomic mass is 10.1. The molecule has 0 saturated heterocycles. The molecule has 2 aromatic rings. The Morgan fingerprint density at radius 3 is 2.20 bits per heavy atom. The van der Waals surface area contributed by atoms with Crippen molar-refractivity contribution in [3.05, 3.63) is 65.2 Å². The number of methoxy groups -OCH3 is 1. The zero-order valence-electron chi connectivity index (χ0n) is 18.3. The van der Waals surface area contributed by atoms with Crippen LogP contribution in [0.25, 0.3) is 0 Å². The molecule has 0 aliphatic rings. The van der Waals surface area contributed by atoms with Crippen LogP contribution in [0.4, 0.5) is 4.79 Å². The Kier molecular flexibility index (Phi) is 7.41. The first-order chi connectivity index (χ1) is 13.8. The molecule has 0 N–H and O–H groups in total. The Hall–Kier alpha value is -2.26. The molecule has 0 aliphatic heterocycles. The van der Waals surface area contributed by atoms with E-state index in [1.807, 2.05) is 25.1 Å². The first-order valence-corrected chi connectivity index (χ1v) is 10.9. The Bertz CT molecular complexity index is 979. The highest BCUT2D eigenvalue weighted by Crippen LogP contribution is 2.25. The van der Waals surface area contributed by atoms with Crippen LogP contribution < -0.4 is 0 Å². The first kappa shape index (κ1) is 24.0. The van der Waals surface area contributed by atoms with Gasteiger partial charge in [0.25, 0.3) is 0 Å². The molecule has 1 atom stereocenters. The van der Waals surface area contributed by atoms with E-state index in [0.29, 0.717) is 12.2 Å². The summed E-state index contributed by atoms with van der Waals surface area (Å²) in [5.41, 5.74) is 1.70. The van der Waals surface area contributed by atoms with Gasteiger partial charge in [-0.15, -0.1) is 0 Å². The number of ether oxygens (including phenoxy) is 2. The third-order valence-electron chi connectivity index (χ3n) is 4.14. The average molecular weight is 437 g/mol. The van der Waals surface area contributed by atoms with Crippen LogP contribution in [0.2, 0.25) is 0 Å². The number of quaternary nitrogens is 1.